The number of pyridine rings is 1. The Morgan fingerprint density at radius 1 is 1.29 bits per heavy atom. The van der Waals surface area contributed by atoms with E-state index in [9.17, 15) is 4.39 Å². The van der Waals surface area contributed by atoms with Gasteiger partial charge >= 0.3 is 0 Å². The lowest BCUT2D eigenvalue weighted by atomic mass is 9.86. The molecule has 1 aliphatic rings. The van der Waals surface area contributed by atoms with Crippen molar-refractivity contribution in [1.29, 1.82) is 0 Å². The number of fused-ring (bicyclic) bond motifs is 1. The van der Waals surface area contributed by atoms with Crippen molar-refractivity contribution in [3.63, 3.8) is 0 Å². The molecule has 3 heteroatoms. The molecule has 1 aromatic heterocycles. The van der Waals surface area contributed by atoms with Crippen LogP contribution in [0.3, 0.4) is 0 Å². The lowest BCUT2D eigenvalue weighted by Crippen LogP contribution is -2.40. The first-order valence-corrected chi connectivity index (χ1v) is 6.02. The van der Waals surface area contributed by atoms with Crippen LogP contribution in [0.4, 0.5) is 4.39 Å². The quantitative estimate of drug-likeness (QED) is 0.814. The Balaban J connectivity index is 2.16. The Labute approximate surface area is 99.9 Å². The molecule has 0 aliphatic carbocycles. The zero-order valence-corrected chi connectivity index (χ0v) is 9.62. The molecular formula is C14H15FN2. The van der Waals surface area contributed by atoms with Crippen molar-refractivity contribution >= 4 is 10.8 Å². The number of benzene rings is 1. The number of piperidine rings is 1. The van der Waals surface area contributed by atoms with Gasteiger partial charge in [0, 0.05) is 24.3 Å². The van der Waals surface area contributed by atoms with Crippen LogP contribution in [0.25, 0.3) is 10.8 Å². The van der Waals surface area contributed by atoms with Gasteiger partial charge in [0.2, 0.25) is 0 Å². The van der Waals surface area contributed by atoms with Crippen LogP contribution in [0.15, 0.2) is 36.7 Å². The Kier molecular flexibility index (Phi) is 2.56. The number of nitrogens with zero attached hydrogens (tertiary/aromatic N) is 1. The molecule has 1 aromatic carbocycles. The van der Waals surface area contributed by atoms with Gasteiger partial charge in [0.25, 0.3) is 0 Å². The molecule has 0 saturated carbocycles. The molecule has 1 N–H and O–H groups in total. The molecule has 1 atom stereocenters. The summed E-state index contributed by atoms with van der Waals surface area (Å²) < 4.78 is 14.9. The first-order chi connectivity index (χ1) is 8.30. The van der Waals surface area contributed by atoms with E-state index in [4.69, 9.17) is 0 Å². The van der Waals surface area contributed by atoms with Crippen molar-refractivity contribution in [2.24, 2.45) is 0 Å². The highest BCUT2D eigenvalue weighted by Gasteiger charge is 2.34. The predicted octanol–water partition coefficient (Wildman–Crippen LogP) is 2.78. The van der Waals surface area contributed by atoms with Crippen LogP contribution in [-0.2, 0) is 5.67 Å². The first-order valence-electron chi connectivity index (χ1n) is 6.02. The van der Waals surface area contributed by atoms with Crippen molar-refractivity contribution in [2.45, 2.75) is 18.5 Å². The fourth-order valence-electron chi connectivity index (χ4n) is 2.60. The number of hydrogen-bond donors (Lipinski definition) is 1. The molecule has 17 heavy (non-hydrogen) atoms. The van der Waals surface area contributed by atoms with Crippen LogP contribution in [0.5, 0.6) is 0 Å². The zero-order valence-electron chi connectivity index (χ0n) is 9.62. The van der Waals surface area contributed by atoms with Crippen molar-refractivity contribution in [3.8, 4) is 0 Å². The Bertz CT molecular complexity index is 527. The van der Waals surface area contributed by atoms with E-state index in [1.165, 1.54) is 0 Å². The number of nitrogens with one attached hydrogen (secondary N) is 1. The lowest BCUT2D eigenvalue weighted by molar-refractivity contribution is 0.123. The number of alkyl halides is 1. The van der Waals surface area contributed by atoms with Crippen LogP contribution in [-0.4, -0.2) is 18.1 Å². The summed E-state index contributed by atoms with van der Waals surface area (Å²) in [6.45, 7) is 1.32. The predicted molar refractivity (Wildman–Crippen MR) is 66.6 cm³/mol. The van der Waals surface area contributed by atoms with Gasteiger partial charge in [0.15, 0.2) is 0 Å². The maximum atomic E-state index is 14.9. The normalized spacial score (nSPS) is 25.0. The van der Waals surface area contributed by atoms with Gasteiger partial charge in [0.05, 0.1) is 0 Å². The first kappa shape index (κ1) is 10.7. The molecule has 1 saturated heterocycles. The van der Waals surface area contributed by atoms with Crippen molar-refractivity contribution in [2.75, 3.05) is 13.1 Å². The minimum absolute atomic E-state index is 0.404. The smallest absolute Gasteiger partial charge is 0.149 e. The third-order valence-corrected chi connectivity index (χ3v) is 3.50. The number of halogens is 1. The number of aromatic nitrogens is 1. The van der Waals surface area contributed by atoms with Crippen molar-refractivity contribution in [3.05, 3.63) is 42.2 Å². The average Bonchev–Trinajstić information content (AvgIpc) is 2.39. The molecule has 1 unspecified atom stereocenters. The molecule has 3 rings (SSSR count). The molecule has 1 fully saturated rings. The van der Waals surface area contributed by atoms with Crippen LogP contribution in [0.1, 0.15) is 18.4 Å². The van der Waals surface area contributed by atoms with E-state index in [-0.39, 0.29) is 0 Å². The summed E-state index contributed by atoms with van der Waals surface area (Å²) in [6.07, 6.45) is 4.98. The second-order valence-corrected chi connectivity index (χ2v) is 4.65. The van der Waals surface area contributed by atoms with Crippen LogP contribution >= 0.6 is 0 Å². The van der Waals surface area contributed by atoms with E-state index in [1.807, 2.05) is 24.3 Å². The SMILES string of the molecule is FC1(c2cccc3ccncc23)CCCNC1. The second-order valence-electron chi connectivity index (χ2n) is 4.65. The zero-order chi connectivity index (χ0) is 11.7. The Morgan fingerprint density at radius 2 is 2.24 bits per heavy atom. The fourth-order valence-corrected chi connectivity index (χ4v) is 2.60. The van der Waals surface area contributed by atoms with Gasteiger partial charge in [-0.15, -0.1) is 0 Å². The summed E-state index contributed by atoms with van der Waals surface area (Å²) in [6, 6.07) is 7.74. The summed E-state index contributed by atoms with van der Waals surface area (Å²) in [4.78, 5) is 4.11. The van der Waals surface area contributed by atoms with Gasteiger partial charge in [-0.05, 0) is 36.4 Å². The summed E-state index contributed by atoms with van der Waals surface area (Å²) in [5.74, 6) is 0. The highest BCUT2D eigenvalue weighted by atomic mass is 19.1. The summed E-state index contributed by atoms with van der Waals surface area (Å²) in [5.41, 5.74) is -0.476. The average molecular weight is 230 g/mol. The minimum Gasteiger partial charge on any atom is -0.313 e. The summed E-state index contributed by atoms with van der Waals surface area (Å²) in [7, 11) is 0. The number of rotatable bonds is 1. The molecule has 2 heterocycles. The van der Waals surface area contributed by atoms with Gasteiger partial charge in [-0.1, -0.05) is 18.2 Å². The molecule has 2 aromatic rings. The van der Waals surface area contributed by atoms with E-state index in [2.05, 4.69) is 10.3 Å². The maximum Gasteiger partial charge on any atom is 0.149 e. The molecule has 0 bridgehead atoms. The highest BCUT2D eigenvalue weighted by Crippen LogP contribution is 2.36. The maximum absolute atomic E-state index is 14.9. The molecule has 0 radical (unpaired) electrons. The second kappa shape index (κ2) is 4.08. The highest BCUT2D eigenvalue weighted by molar-refractivity contribution is 5.85. The Morgan fingerprint density at radius 3 is 3.06 bits per heavy atom. The standard InChI is InChI=1S/C14H15FN2/c15-14(6-2-7-17-10-14)13-4-1-3-11-5-8-16-9-12(11)13/h1,3-5,8-9,17H,2,6-7,10H2. The largest absolute Gasteiger partial charge is 0.313 e. The summed E-state index contributed by atoms with van der Waals surface area (Å²) in [5, 5.41) is 5.13. The third-order valence-electron chi connectivity index (χ3n) is 3.50. The van der Waals surface area contributed by atoms with E-state index >= 15 is 0 Å². The molecule has 88 valence electrons. The third kappa shape index (κ3) is 1.80. The van der Waals surface area contributed by atoms with E-state index < -0.39 is 5.67 Å². The molecule has 0 amide bonds. The van der Waals surface area contributed by atoms with Crippen molar-refractivity contribution in [1.82, 2.24) is 10.3 Å². The molecule has 0 spiro atoms. The number of hydrogen-bond acceptors (Lipinski definition) is 2. The van der Waals surface area contributed by atoms with E-state index in [0.717, 1.165) is 29.3 Å². The lowest BCUT2D eigenvalue weighted by Gasteiger charge is -2.31. The minimum atomic E-state index is -1.25. The molecular weight excluding hydrogens is 215 g/mol. The van der Waals surface area contributed by atoms with Gasteiger partial charge in [-0.3, -0.25) is 4.98 Å². The van der Waals surface area contributed by atoms with E-state index in [0.29, 0.717) is 13.0 Å². The topological polar surface area (TPSA) is 24.9 Å². The van der Waals surface area contributed by atoms with Gasteiger partial charge in [-0.2, -0.15) is 0 Å². The van der Waals surface area contributed by atoms with Crippen LogP contribution in [0.2, 0.25) is 0 Å². The van der Waals surface area contributed by atoms with E-state index in [1.54, 1.807) is 12.4 Å². The molecule has 1 aliphatic heterocycles. The van der Waals surface area contributed by atoms with Gasteiger partial charge < -0.3 is 5.32 Å². The monoisotopic (exact) mass is 230 g/mol. The van der Waals surface area contributed by atoms with Crippen LogP contribution < -0.4 is 5.32 Å². The van der Waals surface area contributed by atoms with Crippen molar-refractivity contribution < 1.29 is 4.39 Å². The molecule has 2 nitrogen and oxygen atoms in total. The Hall–Kier alpha value is -1.48. The fraction of sp³-hybridized carbons (Fsp3) is 0.357. The van der Waals surface area contributed by atoms with Gasteiger partial charge in [0.1, 0.15) is 5.67 Å². The summed E-state index contributed by atoms with van der Waals surface area (Å²) >= 11 is 0. The van der Waals surface area contributed by atoms with Crippen LogP contribution in [0, 0.1) is 0 Å². The van der Waals surface area contributed by atoms with Gasteiger partial charge in [-0.25, -0.2) is 4.39 Å².